The maximum Gasteiger partial charge on any atom is 0.214 e. The Balaban J connectivity index is 2.56. The Morgan fingerprint density at radius 2 is 2.00 bits per heavy atom. The highest BCUT2D eigenvalue weighted by molar-refractivity contribution is 7.89. The zero-order valence-corrected chi connectivity index (χ0v) is 11.6. The van der Waals surface area contributed by atoms with E-state index in [-0.39, 0.29) is 0 Å². The molecule has 4 heteroatoms. The van der Waals surface area contributed by atoms with E-state index in [1.165, 1.54) is 12.8 Å². The largest absolute Gasteiger partial charge is 0.214 e. The molecule has 0 N–H and O–H groups in total. The van der Waals surface area contributed by atoms with Crippen molar-refractivity contribution in [2.75, 3.05) is 18.8 Å². The molecule has 0 bridgehead atoms. The van der Waals surface area contributed by atoms with Crippen molar-refractivity contribution in [3.05, 3.63) is 0 Å². The van der Waals surface area contributed by atoms with Crippen LogP contribution in [0, 0.1) is 11.8 Å². The van der Waals surface area contributed by atoms with Crippen LogP contribution >= 0.6 is 0 Å². The number of hydrogen-bond acceptors (Lipinski definition) is 2. The maximum absolute atomic E-state index is 11.7. The predicted octanol–water partition coefficient (Wildman–Crippen LogP) is 2.48. The molecule has 0 aromatic rings. The minimum atomic E-state index is -2.91. The van der Waals surface area contributed by atoms with Gasteiger partial charge in [0.05, 0.1) is 5.75 Å². The third kappa shape index (κ3) is 3.45. The number of sulfonamides is 1. The topological polar surface area (TPSA) is 37.4 Å². The molecule has 1 fully saturated rings. The lowest BCUT2D eigenvalue weighted by Crippen LogP contribution is -2.33. The van der Waals surface area contributed by atoms with Crippen LogP contribution in [0.2, 0.25) is 0 Å². The Morgan fingerprint density at radius 3 is 2.44 bits per heavy atom. The quantitative estimate of drug-likeness (QED) is 0.723. The molecule has 0 spiro atoms. The van der Waals surface area contributed by atoms with Crippen molar-refractivity contribution in [2.24, 2.45) is 11.8 Å². The first-order chi connectivity index (χ1) is 7.51. The molecule has 3 nitrogen and oxygen atoms in total. The lowest BCUT2D eigenvalue weighted by Gasteiger charge is -2.26. The third-order valence-corrected chi connectivity index (χ3v) is 5.64. The van der Waals surface area contributed by atoms with Crippen molar-refractivity contribution < 1.29 is 8.42 Å². The monoisotopic (exact) mass is 247 g/mol. The molecule has 96 valence electrons. The fourth-order valence-electron chi connectivity index (χ4n) is 2.56. The van der Waals surface area contributed by atoms with Gasteiger partial charge in [0.1, 0.15) is 0 Å². The Labute approximate surface area is 100 Å². The summed E-state index contributed by atoms with van der Waals surface area (Å²) < 4.78 is 25.1. The molecule has 1 heterocycles. The Bertz CT molecular complexity index is 300. The first-order valence-electron chi connectivity index (χ1n) is 6.49. The van der Waals surface area contributed by atoms with E-state index in [1.807, 2.05) is 0 Å². The van der Waals surface area contributed by atoms with Crippen molar-refractivity contribution in [2.45, 2.75) is 46.5 Å². The molecule has 1 aliphatic heterocycles. The summed E-state index contributed by atoms with van der Waals surface area (Å²) in [4.78, 5) is 0. The van der Waals surface area contributed by atoms with E-state index in [0.717, 1.165) is 25.9 Å². The molecular weight excluding hydrogens is 222 g/mol. The van der Waals surface area contributed by atoms with Crippen LogP contribution < -0.4 is 0 Å². The summed E-state index contributed by atoms with van der Waals surface area (Å²) in [5.74, 6) is 1.50. The molecule has 16 heavy (non-hydrogen) atoms. The number of rotatable bonds is 6. The third-order valence-electron chi connectivity index (χ3n) is 3.71. The van der Waals surface area contributed by atoms with Gasteiger partial charge in [-0.05, 0) is 18.3 Å². The van der Waals surface area contributed by atoms with Gasteiger partial charge in [-0.3, -0.25) is 0 Å². The highest BCUT2D eigenvalue weighted by Gasteiger charge is 2.30. The van der Waals surface area contributed by atoms with Crippen molar-refractivity contribution in [3.63, 3.8) is 0 Å². The lowest BCUT2D eigenvalue weighted by atomic mass is 9.88. The van der Waals surface area contributed by atoms with Crippen LogP contribution in [-0.2, 0) is 10.0 Å². The molecule has 1 rings (SSSR count). The molecule has 0 aromatic carbocycles. The summed E-state index contributed by atoms with van der Waals surface area (Å²) in [5, 5.41) is 0. The normalized spacial score (nSPS) is 24.4. The summed E-state index contributed by atoms with van der Waals surface area (Å²) in [6.45, 7) is 8.08. The molecule has 1 aliphatic rings. The van der Waals surface area contributed by atoms with Crippen LogP contribution in [0.25, 0.3) is 0 Å². The van der Waals surface area contributed by atoms with Gasteiger partial charge in [0.15, 0.2) is 0 Å². The average Bonchev–Trinajstić information content (AvgIpc) is 2.54. The van der Waals surface area contributed by atoms with Gasteiger partial charge in [-0.2, -0.15) is 0 Å². The van der Waals surface area contributed by atoms with Gasteiger partial charge < -0.3 is 0 Å². The minimum absolute atomic E-state index is 0.353. The Kier molecular flexibility index (Phi) is 5.25. The van der Waals surface area contributed by atoms with Crippen LogP contribution in [0.3, 0.4) is 0 Å². The summed E-state index contributed by atoms with van der Waals surface area (Å²) in [5.41, 5.74) is 0. The van der Waals surface area contributed by atoms with E-state index in [1.54, 1.807) is 4.31 Å². The molecular formula is C12H25NO2S. The van der Waals surface area contributed by atoms with E-state index in [2.05, 4.69) is 20.8 Å². The summed E-state index contributed by atoms with van der Waals surface area (Å²) >= 11 is 0. The zero-order chi connectivity index (χ0) is 12.2. The second kappa shape index (κ2) is 6.01. The summed E-state index contributed by atoms with van der Waals surface area (Å²) in [6.07, 6.45) is 4.27. The molecule has 1 unspecified atom stereocenters. The average molecular weight is 247 g/mol. The molecule has 2 atom stereocenters. The second-order valence-corrected chi connectivity index (χ2v) is 7.05. The van der Waals surface area contributed by atoms with Gasteiger partial charge in [-0.25, -0.2) is 12.7 Å². The first-order valence-corrected chi connectivity index (χ1v) is 8.10. The minimum Gasteiger partial charge on any atom is -0.212 e. The summed E-state index contributed by atoms with van der Waals surface area (Å²) in [7, 11) is -2.91. The first kappa shape index (κ1) is 14.0. The van der Waals surface area contributed by atoms with Crippen LogP contribution in [0.15, 0.2) is 0 Å². The predicted molar refractivity (Wildman–Crippen MR) is 67.8 cm³/mol. The van der Waals surface area contributed by atoms with Gasteiger partial charge >= 0.3 is 0 Å². The van der Waals surface area contributed by atoms with Crippen LogP contribution in [-0.4, -0.2) is 31.6 Å². The molecule has 0 aliphatic carbocycles. The van der Waals surface area contributed by atoms with Crippen molar-refractivity contribution in [1.82, 2.24) is 4.31 Å². The number of hydrogen-bond donors (Lipinski definition) is 0. The van der Waals surface area contributed by atoms with Crippen LogP contribution in [0.4, 0.5) is 0 Å². The van der Waals surface area contributed by atoms with Gasteiger partial charge in [0.25, 0.3) is 0 Å². The van der Waals surface area contributed by atoms with Crippen molar-refractivity contribution >= 4 is 10.0 Å². The van der Waals surface area contributed by atoms with Gasteiger partial charge in [-0.1, -0.05) is 40.0 Å². The van der Waals surface area contributed by atoms with E-state index in [9.17, 15) is 8.42 Å². The Morgan fingerprint density at radius 1 is 1.31 bits per heavy atom. The Hall–Kier alpha value is -0.0900. The van der Waals surface area contributed by atoms with E-state index in [0.29, 0.717) is 17.6 Å². The molecule has 0 amide bonds. The highest BCUT2D eigenvalue weighted by Crippen LogP contribution is 2.24. The van der Waals surface area contributed by atoms with E-state index < -0.39 is 10.0 Å². The van der Waals surface area contributed by atoms with Gasteiger partial charge in [-0.15, -0.1) is 0 Å². The highest BCUT2D eigenvalue weighted by atomic mass is 32.2. The SMILES string of the molecule is CCCC(C)[C@@H](CC)CN1CCCS1(=O)=O. The fourth-order valence-corrected chi connectivity index (χ4v) is 4.14. The lowest BCUT2D eigenvalue weighted by molar-refractivity contribution is 0.263. The molecule has 0 radical (unpaired) electrons. The van der Waals surface area contributed by atoms with Crippen LogP contribution in [0.5, 0.6) is 0 Å². The van der Waals surface area contributed by atoms with Crippen molar-refractivity contribution in [1.29, 1.82) is 0 Å². The molecule has 0 saturated carbocycles. The molecule has 0 aromatic heterocycles. The summed E-state index contributed by atoms with van der Waals surface area (Å²) in [6, 6.07) is 0. The smallest absolute Gasteiger partial charge is 0.212 e. The maximum atomic E-state index is 11.7. The zero-order valence-electron chi connectivity index (χ0n) is 10.8. The van der Waals surface area contributed by atoms with Gasteiger partial charge in [0.2, 0.25) is 10.0 Å². The number of nitrogens with zero attached hydrogens (tertiary/aromatic N) is 1. The second-order valence-electron chi connectivity index (χ2n) is 4.96. The van der Waals surface area contributed by atoms with E-state index in [4.69, 9.17) is 0 Å². The van der Waals surface area contributed by atoms with Crippen molar-refractivity contribution in [3.8, 4) is 0 Å². The van der Waals surface area contributed by atoms with Gasteiger partial charge in [0, 0.05) is 13.1 Å². The molecule has 1 saturated heterocycles. The van der Waals surface area contributed by atoms with Crippen LogP contribution in [0.1, 0.15) is 46.5 Å². The van der Waals surface area contributed by atoms with E-state index >= 15 is 0 Å². The standard InChI is InChI=1S/C12H25NO2S/c1-4-7-11(3)12(5-2)10-13-8-6-9-16(13,14)15/h11-12H,4-10H2,1-3H3/t11?,12-/m0/s1. The fraction of sp³-hybridized carbons (Fsp3) is 1.00.